The monoisotopic (exact) mass is 245 g/mol. The molecule has 98 valence electrons. The summed E-state index contributed by atoms with van der Waals surface area (Å²) >= 11 is 0. The third kappa shape index (κ3) is 2.44. The lowest BCUT2D eigenvalue weighted by Gasteiger charge is -2.37. The van der Waals surface area contributed by atoms with E-state index in [-0.39, 0.29) is 0 Å². The van der Waals surface area contributed by atoms with Gasteiger partial charge in [0.2, 0.25) is 0 Å². The Morgan fingerprint density at radius 2 is 1.94 bits per heavy atom. The molecule has 2 heterocycles. The zero-order chi connectivity index (χ0) is 12.4. The molecule has 1 unspecified atom stereocenters. The predicted molar refractivity (Wildman–Crippen MR) is 74.2 cm³/mol. The summed E-state index contributed by atoms with van der Waals surface area (Å²) in [5, 5.41) is 0. The van der Waals surface area contributed by atoms with Crippen molar-refractivity contribution in [1.82, 2.24) is 9.80 Å². The van der Waals surface area contributed by atoms with Gasteiger partial charge in [0, 0.05) is 38.8 Å². The molecule has 2 N–H and O–H groups in total. The second-order valence-electron chi connectivity index (χ2n) is 5.54. The maximum atomic E-state index is 5.81. The van der Waals surface area contributed by atoms with Crippen molar-refractivity contribution >= 4 is 0 Å². The van der Waals surface area contributed by atoms with Crippen LogP contribution in [0.25, 0.3) is 0 Å². The first-order valence-electron chi connectivity index (χ1n) is 7.10. The predicted octanol–water partition coefficient (Wildman–Crippen LogP) is 1.43. The minimum Gasteiger partial charge on any atom is -0.326 e. The molecule has 0 radical (unpaired) electrons. The van der Waals surface area contributed by atoms with Gasteiger partial charge < -0.3 is 5.73 Å². The van der Waals surface area contributed by atoms with E-state index in [1.807, 2.05) is 0 Å². The van der Waals surface area contributed by atoms with Crippen LogP contribution < -0.4 is 5.73 Å². The van der Waals surface area contributed by atoms with Gasteiger partial charge in [-0.2, -0.15) is 0 Å². The quantitative estimate of drug-likeness (QED) is 0.874. The fourth-order valence-electron chi connectivity index (χ4n) is 3.35. The second-order valence-corrected chi connectivity index (χ2v) is 5.54. The van der Waals surface area contributed by atoms with Crippen molar-refractivity contribution in [2.24, 2.45) is 5.73 Å². The van der Waals surface area contributed by atoms with Crippen molar-refractivity contribution in [3.8, 4) is 0 Å². The number of nitrogens with two attached hydrogens (primary N) is 1. The Morgan fingerprint density at radius 1 is 1.11 bits per heavy atom. The molecule has 18 heavy (non-hydrogen) atoms. The summed E-state index contributed by atoms with van der Waals surface area (Å²) in [7, 11) is 0. The summed E-state index contributed by atoms with van der Waals surface area (Å²) < 4.78 is 0. The zero-order valence-electron chi connectivity index (χ0n) is 11.0. The van der Waals surface area contributed by atoms with E-state index in [2.05, 4.69) is 34.1 Å². The van der Waals surface area contributed by atoms with Crippen LogP contribution in [0.4, 0.5) is 0 Å². The van der Waals surface area contributed by atoms with E-state index in [0.29, 0.717) is 6.54 Å². The van der Waals surface area contributed by atoms with E-state index < -0.39 is 0 Å². The van der Waals surface area contributed by atoms with Gasteiger partial charge in [-0.1, -0.05) is 24.3 Å². The van der Waals surface area contributed by atoms with E-state index in [4.69, 9.17) is 5.73 Å². The molecule has 3 heteroatoms. The molecule has 0 aliphatic carbocycles. The molecule has 0 aromatic heterocycles. The molecule has 1 aromatic carbocycles. The van der Waals surface area contributed by atoms with Crippen LogP contribution in [-0.2, 0) is 13.1 Å². The first-order chi connectivity index (χ1) is 8.86. The van der Waals surface area contributed by atoms with Crippen LogP contribution in [0.3, 0.4) is 0 Å². The average molecular weight is 245 g/mol. The number of benzene rings is 1. The van der Waals surface area contributed by atoms with Gasteiger partial charge >= 0.3 is 0 Å². The van der Waals surface area contributed by atoms with Gasteiger partial charge in [0.05, 0.1) is 0 Å². The minimum absolute atomic E-state index is 0.652. The van der Waals surface area contributed by atoms with Crippen LogP contribution in [0.2, 0.25) is 0 Å². The molecule has 3 nitrogen and oxygen atoms in total. The van der Waals surface area contributed by atoms with Crippen LogP contribution in [0.5, 0.6) is 0 Å². The Labute approximate surface area is 110 Å². The van der Waals surface area contributed by atoms with Gasteiger partial charge in [-0.15, -0.1) is 0 Å². The van der Waals surface area contributed by atoms with Gasteiger partial charge in [0.25, 0.3) is 0 Å². The molecule has 1 aromatic rings. The van der Waals surface area contributed by atoms with Crippen molar-refractivity contribution in [1.29, 1.82) is 0 Å². The van der Waals surface area contributed by atoms with Gasteiger partial charge in [-0.05, 0) is 30.5 Å². The Bertz CT molecular complexity index is 404. The van der Waals surface area contributed by atoms with Crippen molar-refractivity contribution in [3.63, 3.8) is 0 Å². The van der Waals surface area contributed by atoms with E-state index in [1.165, 1.54) is 50.1 Å². The van der Waals surface area contributed by atoms with Crippen LogP contribution in [0, 0.1) is 0 Å². The summed E-state index contributed by atoms with van der Waals surface area (Å²) in [4.78, 5) is 5.26. The zero-order valence-corrected chi connectivity index (χ0v) is 11.0. The van der Waals surface area contributed by atoms with E-state index in [9.17, 15) is 0 Å². The third-order valence-corrected chi connectivity index (χ3v) is 4.40. The molecule has 3 rings (SSSR count). The lowest BCUT2D eigenvalue weighted by Crippen LogP contribution is -2.49. The van der Waals surface area contributed by atoms with Crippen molar-refractivity contribution in [3.05, 3.63) is 35.4 Å². The number of piperazine rings is 1. The highest BCUT2D eigenvalue weighted by atomic mass is 15.3. The maximum absolute atomic E-state index is 5.81. The molecule has 2 saturated heterocycles. The average Bonchev–Trinajstić information content (AvgIpc) is 2.87. The minimum atomic E-state index is 0.652. The molecule has 0 amide bonds. The van der Waals surface area contributed by atoms with E-state index in [1.54, 1.807) is 0 Å². The lowest BCUT2D eigenvalue weighted by molar-refractivity contribution is 0.0992. The Morgan fingerprint density at radius 3 is 2.78 bits per heavy atom. The standard InChI is InChI=1S/C15H23N3/c16-10-13-4-1-2-5-14(13)11-17-8-9-18-7-3-6-15(18)12-17/h1-2,4-5,15H,3,6-12,16H2. The highest BCUT2D eigenvalue weighted by Crippen LogP contribution is 2.23. The third-order valence-electron chi connectivity index (χ3n) is 4.40. The van der Waals surface area contributed by atoms with Gasteiger partial charge in [-0.3, -0.25) is 9.80 Å². The van der Waals surface area contributed by atoms with Crippen LogP contribution in [0.1, 0.15) is 24.0 Å². The topological polar surface area (TPSA) is 32.5 Å². The van der Waals surface area contributed by atoms with Crippen LogP contribution >= 0.6 is 0 Å². The molecule has 1 atom stereocenters. The summed E-state index contributed by atoms with van der Waals surface area (Å²) in [6.45, 7) is 6.72. The highest BCUT2D eigenvalue weighted by Gasteiger charge is 2.30. The fourth-order valence-corrected chi connectivity index (χ4v) is 3.35. The molecular weight excluding hydrogens is 222 g/mol. The van der Waals surface area contributed by atoms with Crippen molar-refractivity contribution in [2.45, 2.75) is 32.0 Å². The highest BCUT2D eigenvalue weighted by molar-refractivity contribution is 5.26. The van der Waals surface area contributed by atoms with E-state index >= 15 is 0 Å². The summed E-state index contributed by atoms with van der Waals surface area (Å²) in [6.07, 6.45) is 2.77. The van der Waals surface area contributed by atoms with Crippen LogP contribution in [-0.4, -0.2) is 42.0 Å². The Kier molecular flexibility index (Phi) is 3.64. The molecule has 0 saturated carbocycles. The molecule has 2 fully saturated rings. The number of fused-ring (bicyclic) bond motifs is 1. The smallest absolute Gasteiger partial charge is 0.0238 e. The van der Waals surface area contributed by atoms with E-state index in [0.717, 1.165) is 12.6 Å². The Hall–Kier alpha value is -0.900. The SMILES string of the molecule is NCc1ccccc1CN1CCN2CCCC2C1. The number of hydrogen-bond donors (Lipinski definition) is 1. The lowest BCUT2D eigenvalue weighted by atomic mass is 10.1. The van der Waals surface area contributed by atoms with Gasteiger partial charge in [0.1, 0.15) is 0 Å². The van der Waals surface area contributed by atoms with Gasteiger partial charge in [0.15, 0.2) is 0 Å². The van der Waals surface area contributed by atoms with Crippen molar-refractivity contribution < 1.29 is 0 Å². The first kappa shape index (κ1) is 12.2. The summed E-state index contributed by atoms with van der Waals surface area (Å²) in [5.41, 5.74) is 8.52. The molecular formula is C15H23N3. The number of rotatable bonds is 3. The second kappa shape index (κ2) is 5.39. The number of nitrogens with zero attached hydrogens (tertiary/aromatic N) is 2. The first-order valence-corrected chi connectivity index (χ1v) is 7.10. The molecule has 2 aliphatic rings. The maximum Gasteiger partial charge on any atom is 0.0238 e. The Balaban J connectivity index is 1.66. The van der Waals surface area contributed by atoms with Gasteiger partial charge in [-0.25, -0.2) is 0 Å². The summed E-state index contributed by atoms with van der Waals surface area (Å²) in [6, 6.07) is 9.40. The normalized spacial score (nSPS) is 25.3. The van der Waals surface area contributed by atoms with Crippen molar-refractivity contribution in [2.75, 3.05) is 26.2 Å². The molecule has 0 bridgehead atoms. The largest absolute Gasteiger partial charge is 0.326 e. The van der Waals surface area contributed by atoms with Crippen LogP contribution in [0.15, 0.2) is 24.3 Å². The number of hydrogen-bond acceptors (Lipinski definition) is 3. The fraction of sp³-hybridized carbons (Fsp3) is 0.600. The molecule has 0 spiro atoms. The molecule has 2 aliphatic heterocycles. The summed E-state index contributed by atoms with van der Waals surface area (Å²) in [5.74, 6) is 0.